The Hall–Kier alpha value is -2.42. The zero-order valence-corrected chi connectivity index (χ0v) is 24.8. The van der Waals surface area contributed by atoms with E-state index in [2.05, 4.69) is 36.3 Å². The lowest BCUT2D eigenvalue weighted by Crippen LogP contribution is -2.58. The van der Waals surface area contributed by atoms with Crippen molar-refractivity contribution >= 4 is 35.0 Å². The Bertz CT molecular complexity index is 1160. The van der Waals surface area contributed by atoms with Gasteiger partial charge in [0.1, 0.15) is 11.6 Å². The van der Waals surface area contributed by atoms with E-state index < -0.39 is 29.6 Å². The molecule has 8 atom stereocenters. The first-order valence-corrected chi connectivity index (χ1v) is 15.3. The maximum Gasteiger partial charge on any atom is 0.246 e. The summed E-state index contributed by atoms with van der Waals surface area (Å²) in [6.45, 7) is 8.55. The average molecular weight is 571 g/mol. The van der Waals surface area contributed by atoms with Gasteiger partial charge in [0.25, 0.3) is 0 Å². The summed E-state index contributed by atoms with van der Waals surface area (Å²) in [4.78, 5) is 45.8. The van der Waals surface area contributed by atoms with Gasteiger partial charge in [-0.3, -0.25) is 14.4 Å². The first-order chi connectivity index (χ1) is 19.2. The summed E-state index contributed by atoms with van der Waals surface area (Å²) in [6.07, 6.45) is 8.49. The number of benzene rings is 1. The summed E-state index contributed by atoms with van der Waals surface area (Å²) in [5.74, 6) is -1.29. The van der Waals surface area contributed by atoms with Crippen molar-refractivity contribution in [1.29, 1.82) is 0 Å². The fourth-order valence-electron chi connectivity index (χ4n) is 7.17. The number of hydrogen-bond acceptors (Lipinski definition) is 5. The lowest BCUT2D eigenvalue weighted by Gasteiger charge is -2.38. The number of ether oxygens (including phenoxy) is 1. The van der Waals surface area contributed by atoms with Crippen molar-refractivity contribution < 1.29 is 19.1 Å². The predicted octanol–water partition coefficient (Wildman–Crippen LogP) is 4.10. The Morgan fingerprint density at radius 1 is 1.20 bits per heavy atom. The fourth-order valence-corrected chi connectivity index (χ4v) is 7.36. The van der Waals surface area contributed by atoms with E-state index in [1.54, 1.807) is 29.2 Å². The first kappa shape index (κ1) is 29.1. The molecule has 1 saturated carbocycles. The number of likely N-dealkylation sites (tertiary alicyclic amines) is 1. The Morgan fingerprint density at radius 2 is 2.00 bits per heavy atom. The van der Waals surface area contributed by atoms with Crippen molar-refractivity contribution in [3.05, 3.63) is 41.4 Å². The predicted molar refractivity (Wildman–Crippen MR) is 156 cm³/mol. The number of carbonyl (C=O) groups excluding carboxylic acids is 3. The second-order valence-electron chi connectivity index (χ2n) is 12.3. The van der Waals surface area contributed by atoms with Gasteiger partial charge in [0.15, 0.2) is 0 Å². The molecule has 1 aromatic rings. The Balaban J connectivity index is 1.41. The zero-order valence-electron chi connectivity index (χ0n) is 24.1. The lowest BCUT2D eigenvalue weighted by atomic mass is 9.73. The van der Waals surface area contributed by atoms with Gasteiger partial charge in [-0.25, -0.2) is 0 Å². The molecule has 0 unspecified atom stereocenters. The molecule has 8 nitrogen and oxygen atoms in total. The van der Waals surface area contributed by atoms with Crippen LogP contribution in [0.4, 0.5) is 5.69 Å². The number of rotatable bonds is 10. The number of unbranched alkanes of at least 4 members (excludes halogenated alkanes) is 1. The van der Waals surface area contributed by atoms with E-state index in [1.807, 2.05) is 19.2 Å². The molecule has 2 N–H and O–H groups in total. The van der Waals surface area contributed by atoms with Crippen molar-refractivity contribution in [2.45, 2.75) is 76.7 Å². The topological polar surface area (TPSA) is 91.0 Å². The summed E-state index contributed by atoms with van der Waals surface area (Å²) in [7, 11) is 2.04. The lowest BCUT2D eigenvalue weighted by molar-refractivity contribution is -0.141. The molecule has 5 rings (SSSR count). The number of nitrogens with zero attached hydrogens (tertiary/aromatic N) is 2. The van der Waals surface area contributed by atoms with Crippen LogP contribution in [0.1, 0.15) is 52.9 Å². The number of halogens is 1. The molecule has 218 valence electrons. The zero-order chi connectivity index (χ0) is 28.6. The highest BCUT2D eigenvalue weighted by Crippen LogP contribution is 2.55. The molecule has 40 heavy (non-hydrogen) atoms. The van der Waals surface area contributed by atoms with Crippen molar-refractivity contribution in [2.75, 3.05) is 32.0 Å². The average Bonchev–Trinajstić information content (AvgIpc) is 3.56. The number of fused-ring (bicyclic) bond motifs is 1. The summed E-state index contributed by atoms with van der Waals surface area (Å²) >= 11 is 6.13. The minimum Gasteiger partial charge on any atom is -0.359 e. The molecule has 0 aromatic heterocycles. The van der Waals surface area contributed by atoms with Crippen LogP contribution in [0.3, 0.4) is 0 Å². The molecule has 9 heteroatoms. The Kier molecular flexibility index (Phi) is 8.60. The first-order valence-electron chi connectivity index (χ1n) is 14.9. The minimum absolute atomic E-state index is 0.0559. The summed E-state index contributed by atoms with van der Waals surface area (Å²) in [5.41, 5.74) is -0.596. The number of likely N-dealkylation sites (N-methyl/N-ethyl adjacent to an activating group) is 1. The standard InChI is InChI=1S/C31H43ClN4O4/c1-5-6-15-35(4)16-17-36-27(29(38)34-23-12-7-9-19(2)20(23)3)31-14-13-24(40-31)25(26(31)30(36)39)28(37)33-22-11-8-10-21(32)18-22/h8,10-11,13-14,18-20,23-27H,5-7,9,12,15-17H2,1-4H3,(H,33,37)(H,34,38)/t19-,20-,23-,24+,25-,26+,27+,31+/m1/s1. The second kappa shape index (κ2) is 11.8. The summed E-state index contributed by atoms with van der Waals surface area (Å²) < 4.78 is 6.49. The minimum atomic E-state index is -1.16. The quantitative estimate of drug-likeness (QED) is 0.413. The highest BCUT2D eigenvalue weighted by molar-refractivity contribution is 6.30. The van der Waals surface area contributed by atoms with Crippen LogP contribution in [0.2, 0.25) is 5.02 Å². The van der Waals surface area contributed by atoms with Gasteiger partial charge >= 0.3 is 0 Å². The molecule has 3 fully saturated rings. The molecule has 3 aliphatic heterocycles. The molecule has 2 saturated heterocycles. The largest absolute Gasteiger partial charge is 0.359 e. The van der Waals surface area contributed by atoms with Crippen LogP contribution >= 0.6 is 11.6 Å². The molecule has 4 aliphatic rings. The molecule has 3 heterocycles. The summed E-state index contributed by atoms with van der Waals surface area (Å²) in [5, 5.41) is 6.76. The molecular weight excluding hydrogens is 528 g/mol. The van der Waals surface area contributed by atoms with Crippen LogP contribution in [0.25, 0.3) is 0 Å². The maximum atomic E-state index is 14.2. The van der Waals surface area contributed by atoms with Crippen LogP contribution in [0, 0.1) is 23.7 Å². The van der Waals surface area contributed by atoms with Crippen LogP contribution in [0.15, 0.2) is 36.4 Å². The van der Waals surface area contributed by atoms with Gasteiger partial charge in [0, 0.05) is 29.8 Å². The molecule has 2 bridgehead atoms. The van der Waals surface area contributed by atoms with E-state index in [1.165, 1.54) is 0 Å². The number of hydrogen-bond donors (Lipinski definition) is 2. The number of nitrogens with one attached hydrogen (secondary N) is 2. The highest BCUT2D eigenvalue weighted by atomic mass is 35.5. The van der Waals surface area contributed by atoms with Crippen LogP contribution in [-0.4, -0.2) is 78.0 Å². The summed E-state index contributed by atoms with van der Waals surface area (Å²) in [6, 6.07) is 6.18. The second-order valence-corrected chi connectivity index (χ2v) is 12.7. The van der Waals surface area contributed by atoms with E-state index in [-0.39, 0.29) is 23.8 Å². The van der Waals surface area contributed by atoms with E-state index in [9.17, 15) is 14.4 Å². The van der Waals surface area contributed by atoms with Gasteiger partial charge in [0.2, 0.25) is 17.7 Å². The maximum absolute atomic E-state index is 14.2. The van der Waals surface area contributed by atoms with Gasteiger partial charge < -0.3 is 25.2 Å². The highest BCUT2D eigenvalue weighted by Gasteiger charge is 2.72. The van der Waals surface area contributed by atoms with Gasteiger partial charge in [-0.15, -0.1) is 0 Å². The van der Waals surface area contributed by atoms with Gasteiger partial charge in [-0.1, -0.05) is 69.9 Å². The Morgan fingerprint density at radius 3 is 2.75 bits per heavy atom. The third-order valence-corrected chi connectivity index (χ3v) is 9.90. The molecule has 3 amide bonds. The van der Waals surface area contributed by atoms with Gasteiger partial charge in [-0.2, -0.15) is 0 Å². The Labute approximate surface area is 242 Å². The van der Waals surface area contributed by atoms with Gasteiger partial charge in [-0.05, 0) is 56.5 Å². The van der Waals surface area contributed by atoms with E-state index in [0.29, 0.717) is 35.6 Å². The number of amides is 3. The van der Waals surface area contributed by atoms with Crippen LogP contribution in [0.5, 0.6) is 0 Å². The van der Waals surface area contributed by atoms with E-state index in [0.717, 1.165) is 38.6 Å². The van der Waals surface area contributed by atoms with E-state index >= 15 is 0 Å². The molecular formula is C31H43ClN4O4. The van der Waals surface area contributed by atoms with Crippen LogP contribution < -0.4 is 10.6 Å². The van der Waals surface area contributed by atoms with Crippen LogP contribution in [-0.2, 0) is 19.1 Å². The smallest absolute Gasteiger partial charge is 0.246 e. The molecule has 1 spiro atoms. The molecule has 1 aliphatic carbocycles. The van der Waals surface area contributed by atoms with Crippen molar-refractivity contribution in [2.24, 2.45) is 23.7 Å². The number of anilines is 1. The van der Waals surface area contributed by atoms with Gasteiger partial charge in [0.05, 0.1) is 17.9 Å². The van der Waals surface area contributed by atoms with Crippen molar-refractivity contribution in [3.8, 4) is 0 Å². The normalized spacial score (nSPS) is 34.4. The van der Waals surface area contributed by atoms with E-state index in [4.69, 9.17) is 16.3 Å². The fraction of sp³-hybridized carbons (Fsp3) is 0.645. The molecule has 0 radical (unpaired) electrons. The number of carbonyl (C=O) groups is 3. The monoisotopic (exact) mass is 570 g/mol. The van der Waals surface area contributed by atoms with Crippen molar-refractivity contribution in [1.82, 2.24) is 15.1 Å². The third-order valence-electron chi connectivity index (χ3n) is 9.67. The SMILES string of the molecule is CCCCN(C)CCN1C(=O)[C@@H]2[C@H](C(=O)Nc3cccc(Cl)c3)[C@@H]3C=C[C@@]2(O3)[C@@H]1C(=O)N[C@@H]1CCC[C@@H](C)[C@H]1C. The van der Waals surface area contributed by atoms with Crippen molar-refractivity contribution in [3.63, 3.8) is 0 Å². The molecule has 1 aromatic carbocycles. The third kappa shape index (κ3) is 5.30.